The monoisotopic (exact) mass is 443 g/mol. The molecule has 3 rings (SSSR count). The Morgan fingerprint density at radius 3 is 2.50 bits per heavy atom. The summed E-state index contributed by atoms with van der Waals surface area (Å²) in [6.45, 7) is 5.89. The fourth-order valence-corrected chi connectivity index (χ4v) is 4.61. The highest BCUT2D eigenvalue weighted by Crippen LogP contribution is 2.39. The minimum Gasteiger partial charge on any atom is -0.426 e. The topological polar surface area (TPSA) is 87.7 Å². The number of hydrogen-bond donors (Lipinski definition) is 2. The van der Waals surface area contributed by atoms with Crippen LogP contribution in [0.4, 0.5) is 5.69 Å². The van der Waals surface area contributed by atoms with Crippen molar-refractivity contribution in [3.8, 4) is 5.75 Å². The third-order valence-electron chi connectivity index (χ3n) is 6.72. The minimum absolute atomic E-state index is 0.139. The van der Waals surface area contributed by atoms with E-state index in [1.807, 2.05) is 11.8 Å². The molecule has 0 atom stereocenters. The lowest BCUT2D eigenvalue weighted by Gasteiger charge is -2.44. The Bertz CT molecular complexity index is 779. The third kappa shape index (κ3) is 7.33. The van der Waals surface area contributed by atoms with E-state index in [0.29, 0.717) is 36.1 Å². The molecule has 0 aromatic heterocycles. The van der Waals surface area contributed by atoms with E-state index in [1.54, 1.807) is 24.3 Å². The lowest BCUT2D eigenvalue weighted by molar-refractivity contribution is -0.135. The largest absolute Gasteiger partial charge is 0.426 e. The second-order valence-electron chi connectivity index (χ2n) is 9.14. The van der Waals surface area contributed by atoms with Gasteiger partial charge in [0.1, 0.15) is 5.75 Å². The molecule has 7 heteroatoms. The van der Waals surface area contributed by atoms with Crippen LogP contribution in [0, 0.1) is 5.41 Å². The Labute approximate surface area is 191 Å². The summed E-state index contributed by atoms with van der Waals surface area (Å²) in [5.41, 5.74) is 1.02. The molecule has 2 aliphatic rings. The summed E-state index contributed by atoms with van der Waals surface area (Å²) in [7, 11) is 0. The highest BCUT2D eigenvalue weighted by atomic mass is 16.5. The van der Waals surface area contributed by atoms with Crippen molar-refractivity contribution in [1.82, 2.24) is 10.2 Å². The number of likely N-dealkylation sites (tertiary alicyclic amines) is 1. The van der Waals surface area contributed by atoms with Crippen molar-refractivity contribution in [2.24, 2.45) is 5.41 Å². The number of carbonyl (C=O) groups excluding carboxylic acids is 3. The van der Waals surface area contributed by atoms with Crippen molar-refractivity contribution in [1.29, 1.82) is 0 Å². The molecule has 2 amide bonds. The summed E-state index contributed by atoms with van der Waals surface area (Å²) in [5, 5.41) is 6.25. The van der Waals surface area contributed by atoms with Gasteiger partial charge in [-0.25, -0.2) is 0 Å². The maximum atomic E-state index is 12.6. The number of rotatable bonds is 9. The van der Waals surface area contributed by atoms with Crippen LogP contribution in [-0.4, -0.2) is 48.9 Å². The Morgan fingerprint density at radius 2 is 1.78 bits per heavy atom. The Kier molecular flexibility index (Phi) is 9.09. The first kappa shape index (κ1) is 24.2. The predicted molar refractivity (Wildman–Crippen MR) is 124 cm³/mol. The SMILES string of the molecule is CCCCC(=O)Oc1cccc(NC(=O)CCCC(=O)N2CCC3(CCNCC3)CC2)c1. The zero-order chi connectivity index (χ0) is 22.8. The molecular weight excluding hydrogens is 406 g/mol. The molecule has 7 nitrogen and oxygen atoms in total. The summed E-state index contributed by atoms with van der Waals surface area (Å²) in [5.74, 6) is 0.176. The number of hydrogen-bond acceptors (Lipinski definition) is 5. The first-order valence-electron chi connectivity index (χ1n) is 12.1. The summed E-state index contributed by atoms with van der Waals surface area (Å²) < 4.78 is 5.32. The number of carbonyl (C=O) groups is 3. The number of piperidine rings is 2. The van der Waals surface area contributed by atoms with Gasteiger partial charge in [0.15, 0.2) is 0 Å². The van der Waals surface area contributed by atoms with Gasteiger partial charge < -0.3 is 20.3 Å². The smallest absolute Gasteiger partial charge is 0.311 e. The molecule has 1 aromatic rings. The lowest BCUT2D eigenvalue weighted by atomic mass is 9.71. The van der Waals surface area contributed by atoms with Gasteiger partial charge >= 0.3 is 5.97 Å². The molecule has 2 heterocycles. The molecule has 176 valence electrons. The number of esters is 1. The van der Waals surface area contributed by atoms with E-state index >= 15 is 0 Å². The highest BCUT2D eigenvalue weighted by Gasteiger charge is 2.36. The van der Waals surface area contributed by atoms with E-state index in [2.05, 4.69) is 10.6 Å². The van der Waals surface area contributed by atoms with Gasteiger partial charge in [0.2, 0.25) is 11.8 Å². The van der Waals surface area contributed by atoms with Gasteiger partial charge in [0.05, 0.1) is 0 Å². The zero-order valence-corrected chi connectivity index (χ0v) is 19.3. The molecule has 2 aliphatic heterocycles. The standard InChI is InChI=1S/C25H37N3O4/c1-2-3-10-24(31)32-21-7-4-6-20(19-21)27-22(29)8-5-9-23(30)28-17-13-25(14-18-28)11-15-26-16-12-25/h4,6-7,19,26H,2-3,5,8-18H2,1H3,(H,27,29). The zero-order valence-electron chi connectivity index (χ0n) is 19.3. The predicted octanol–water partition coefficient (Wildman–Crippen LogP) is 3.88. The number of benzene rings is 1. The fourth-order valence-electron chi connectivity index (χ4n) is 4.61. The van der Waals surface area contributed by atoms with Gasteiger partial charge in [0.25, 0.3) is 0 Å². The van der Waals surface area contributed by atoms with Crippen molar-refractivity contribution >= 4 is 23.5 Å². The number of anilines is 1. The van der Waals surface area contributed by atoms with Crippen LogP contribution in [0.1, 0.15) is 71.1 Å². The summed E-state index contributed by atoms with van der Waals surface area (Å²) in [6.07, 6.45) is 7.96. The van der Waals surface area contributed by atoms with Gasteiger partial charge in [0, 0.05) is 44.1 Å². The van der Waals surface area contributed by atoms with Crippen molar-refractivity contribution in [3.05, 3.63) is 24.3 Å². The second-order valence-corrected chi connectivity index (χ2v) is 9.14. The summed E-state index contributed by atoms with van der Waals surface area (Å²) in [4.78, 5) is 38.6. The Hall–Kier alpha value is -2.41. The summed E-state index contributed by atoms with van der Waals surface area (Å²) in [6, 6.07) is 6.85. The molecule has 0 radical (unpaired) electrons. The number of nitrogens with zero attached hydrogens (tertiary/aromatic N) is 1. The summed E-state index contributed by atoms with van der Waals surface area (Å²) >= 11 is 0. The number of ether oxygens (including phenoxy) is 1. The molecule has 0 bridgehead atoms. The molecule has 0 unspecified atom stereocenters. The number of amides is 2. The van der Waals surface area contributed by atoms with Crippen LogP contribution >= 0.6 is 0 Å². The molecule has 1 spiro atoms. The average Bonchev–Trinajstić information content (AvgIpc) is 2.79. The molecule has 0 aliphatic carbocycles. The fraction of sp³-hybridized carbons (Fsp3) is 0.640. The lowest BCUT2D eigenvalue weighted by Crippen LogP contribution is -2.47. The number of unbranched alkanes of at least 4 members (excludes halogenated alkanes) is 1. The van der Waals surface area contributed by atoms with Gasteiger partial charge in [-0.1, -0.05) is 19.4 Å². The van der Waals surface area contributed by atoms with Crippen LogP contribution < -0.4 is 15.4 Å². The van der Waals surface area contributed by atoms with Gasteiger partial charge in [-0.3, -0.25) is 14.4 Å². The average molecular weight is 444 g/mol. The molecule has 1 aromatic carbocycles. The van der Waals surface area contributed by atoms with Crippen molar-refractivity contribution in [2.45, 2.75) is 71.1 Å². The molecule has 2 fully saturated rings. The van der Waals surface area contributed by atoms with Crippen LogP contribution in [0.5, 0.6) is 5.75 Å². The molecule has 0 saturated carbocycles. The molecule has 2 N–H and O–H groups in total. The van der Waals surface area contributed by atoms with Crippen LogP contribution in [0.25, 0.3) is 0 Å². The van der Waals surface area contributed by atoms with Crippen molar-refractivity contribution in [2.75, 3.05) is 31.5 Å². The van der Waals surface area contributed by atoms with E-state index in [9.17, 15) is 14.4 Å². The highest BCUT2D eigenvalue weighted by molar-refractivity contribution is 5.91. The van der Waals surface area contributed by atoms with Crippen LogP contribution in [0.3, 0.4) is 0 Å². The van der Waals surface area contributed by atoms with Crippen molar-refractivity contribution in [3.63, 3.8) is 0 Å². The van der Waals surface area contributed by atoms with Gasteiger partial charge in [-0.05, 0) is 69.2 Å². The first-order chi connectivity index (χ1) is 15.5. The first-order valence-corrected chi connectivity index (χ1v) is 12.1. The van der Waals surface area contributed by atoms with E-state index in [-0.39, 0.29) is 24.2 Å². The number of nitrogens with one attached hydrogen (secondary N) is 2. The molecule has 2 saturated heterocycles. The molecule has 32 heavy (non-hydrogen) atoms. The van der Waals surface area contributed by atoms with Gasteiger partial charge in [-0.15, -0.1) is 0 Å². The van der Waals surface area contributed by atoms with Crippen LogP contribution in [0.2, 0.25) is 0 Å². The van der Waals surface area contributed by atoms with E-state index in [0.717, 1.165) is 51.9 Å². The Balaban J connectivity index is 1.36. The van der Waals surface area contributed by atoms with Crippen LogP contribution in [0.15, 0.2) is 24.3 Å². The van der Waals surface area contributed by atoms with E-state index in [1.165, 1.54) is 12.8 Å². The maximum Gasteiger partial charge on any atom is 0.311 e. The quantitative estimate of drug-likeness (QED) is 0.447. The Morgan fingerprint density at radius 1 is 1.03 bits per heavy atom. The molecular formula is C25H37N3O4. The second kappa shape index (κ2) is 12.0. The van der Waals surface area contributed by atoms with Crippen molar-refractivity contribution < 1.29 is 19.1 Å². The third-order valence-corrected chi connectivity index (χ3v) is 6.72. The van der Waals surface area contributed by atoms with Crippen LogP contribution in [-0.2, 0) is 14.4 Å². The van der Waals surface area contributed by atoms with E-state index in [4.69, 9.17) is 4.74 Å². The minimum atomic E-state index is -0.266. The van der Waals surface area contributed by atoms with E-state index < -0.39 is 0 Å². The maximum absolute atomic E-state index is 12.6. The van der Waals surface area contributed by atoms with Gasteiger partial charge in [-0.2, -0.15) is 0 Å². The normalized spacial score (nSPS) is 17.7.